The van der Waals surface area contributed by atoms with E-state index >= 15 is 8.78 Å². The Kier molecular flexibility index (Phi) is 4.57. The Balaban J connectivity index is 2.08. The number of phenols is 1. The number of halogens is 3. The van der Waals surface area contributed by atoms with Crippen LogP contribution in [-0.4, -0.2) is 10.1 Å². The van der Waals surface area contributed by atoms with Gasteiger partial charge in [0.2, 0.25) is 0 Å². The van der Waals surface area contributed by atoms with Gasteiger partial charge in [-0.25, -0.2) is 13.2 Å². The molecule has 1 N–H and O–H groups in total. The van der Waals surface area contributed by atoms with E-state index < -0.39 is 34.2 Å². The zero-order valence-corrected chi connectivity index (χ0v) is 17.0. The summed E-state index contributed by atoms with van der Waals surface area (Å²) in [5, 5.41) is 39.3. The lowest BCUT2D eigenvalue weighted by Gasteiger charge is -2.12. The van der Waals surface area contributed by atoms with E-state index in [4.69, 9.17) is 0 Å². The van der Waals surface area contributed by atoms with E-state index in [1.165, 1.54) is 12.3 Å². The number of aromatic nitrogens is 1. The van der Waals surface area contributed by atoms with Crippen LogP contribution < -0.4 is 0 Å². The highest BCUT2D eigenvalue weighted by Crippen LogP contribution is 2.57. The molecule has 0 spiro atoms. The average Bonchev–Trinajstić information content (AvgIpc) is 3.33. The Morgan fingerprint density at radius 2 is 1.62 bits per heavy atom. The third-order valence-electron chi connectivity index (χ3n) is 5.77. The fourth-order valence-electron chi connectivity index (χ4n) is 4.55. The van der Waals surface area contributed by atoms with Crippen LogP contribution in [0.1, 0.15) is 22.3 Å². The van der Waals surface area contributed by atoms with E-state index in [1.54, 1.807) is 42.5 Å². The van der Waals surface area contributed by atoms with Crippen molar-refractivity contribution in [2.24, 2.45) is 0 Å². The first-order valence-corrected chi connectivity index (χ1v) is 9.80. The van der Waals surface area contributed by atoms with Crippen LogP contribution in [0.5, 0.6) is 5.75 Å². The molecule has 0 saturated heterocycles. The maximum absolute atomic E-state index is 15.1. The summed E-state index contributed by atoms with van der Waals surface area (Å²) in [6.45, 7) is 0. The van der Waals surface area contributed by atoms with E-state index in [0.717, 1.165) is 6.08 Å². The molecule has 0 aliphatic heterocycles. The van der Waals surface area contributed by atoms with Gasteiger partial charge in [0.05, 0.1) is 17.3 Å². The lowest BCUT2D eigenvalue weighted by atomic mass is 9.89. The number of rotatable bonds is 0. The second-order valence-corrected chi connectivity index (χ2v) is 7.41. The van der Waals surface area contributed by atoms with E-state index in [2.05, 4.69) is 4.98 Å². The smallest absolute Gasteiger partial charge is 0.167 e. The van der Waals surface area contributed by atoms with Crippen LogP contribution in [0.25, 0.3) is 28.0 Å². The predicted molar refractivity (Wildman–Crippen MR) is 115 cm³/mol. The second kappa shape index (κ2) is 7.48. The fourth-order valence-corrected chi connectivity index (χ4v) is 4.55. The zero-order chi connectivity index (χ0) is 24.1. The zero-order valence-electron chi connectivity index (χ0n) is 17.0. The first-order valence-electron chi connectivity index (χ1n) is 9.80. The number of nitriles is 3. The molecule has 2 aromatic carbocycles. The highest BCUT2D eigenvalue weighted by atomic mass is 19.2. The molecule has 8 heteroatoms. The lowest BCUT2D eigenvalue weighted by molar-refractivity contribution is 0.477. The Bertz CT molecular complexity index is 1660. The summed E-state index contributed by atoms with van der Waals surface area (Å²) >= 11 is 0. The number of hydrogen-bond acceptors (Lipinski definition) is 5. The van der Waals surface area contributed by atoms with Crippen molar-refractivity contribution in [3.63, 3.8) is 0 Å². The Labute approximate surface area is 190 Å². The van der Waals surface area contributed by atoms with Crippen LogP contribution in [0.2, 0.25) is 0 Å². The molecule has 160 valence electrons. The number of benzene rings is 2. The van der Waals surface area contributed by atoms with Gasteiger partial charge < -0.3 is 5.11 Å². The third-order valence-corrected chi connectivity index (χ3v) is 5.77. The van der Waals surface area contributed by atoms with Gasteiger partial charge in [0.15, 0.2) is 11.6 Å². The molecule has 0 unspecified atom stereocenters. The molecule has 1 aromatic heterocycles. The van der Waals surface area contributed by atoms with Gasteiger partial charge in [-0.05, 0) is 17.7 Å². The van der Waals surface area contributed by atoms with Crippen molar-refractivity contribution in [2.75, 3.05) is 0 Å². The van der Waals surface area contributed by atoms with Crippen LogP contribution in [0, 0.1) is 51.4 Å². The van der Waals surface area contributed by atoms with Gasteiger partial charge in [0, 0.05) is 57.3 Å². The van der Waals surface area contributed by atoms with Crippen molar-refractivity contribution in [1.29, 1.82) is 15.8 Å². The maximum Gasteiger partial charge on any atom is 0.167 e. The topological polar surface area (TPSA) is 104 Å². The number of aromatic hydroxyl groups is 1. The summed E-state index contributed by atoms with van der Waals surface area (Å²) in [7, 11) is 0. The fraction of sp³-hybridized carbons (Fsp3) is 0. The van der Waals surface area contributed by atoms with Gasteiger partial charge in [-0.2, -0.15) is 15.8 Å². The Morgan fingerprint density at radius 3 is 2.32 bits per heavy atom. The summed E-state index contributed by atoms with van der Waals surface area (Å²) in [6.07, 6.45) is 2.46. The number of phenolic OH excluding ortho intramolecular Hbond substituents is 1. The van der Waals surface area contributed by atoms with Crippen molar-refractivity contribution in [3.8, 4) is 35.2 Å². The number of hydrogen-bond donors (Lipinski definition) is 1. The number of nitrogens with zero attached hydrogens (tertiary/aromatic N) is 4. The number of allylic oxidation sites excluding steroid dienone is 5. The van der Waals surface area contributed by atoms with Crippen LogP contribution in [-0.2, 0) is 0 Å². The molecular formula is C26H9F3N4O. The molecule has 0 atom stereocenters. The van der Waals surface area contributed by atoms with Crippen LogP contribution >= 0.6 is 0 Å². The molecule has 0 bridgehead atoms. The van der Waals surface area contributed by atoms with Gasteiger partial charge in [-0.3, -0.25) is 4.98 Å². The SMILES string of the molecule is N#CC=C1/C(=C2\c3cccnc3-c3c(O)cccc32)C(=C(C#N)C#N)c2c(F)c(F)cc(F)c21. The first-order chi connectivity index (χ1) is 16.4. The van der Waals surface area contributed by atoms with Crippen molar-refractivity contribution >= 4 is 16.7 Å². The molecule has 34 heavy (non-hydrogen) atoms. The predicted octanol–water partition coefficient (Wildman–Crippen LogP) is 5.41. The minimum absolute atomic E-state index is 0.00310. The molecular weight excluding hydrogens is 441 g/mol. The molecule has 5 rings (SSSR count). The summed E-state index contributed by atoms with van der Waals surface area (Å²) in [4.78, 5) is 4.33. The average molecular weight is 450 g/mol. The van der Waals surface area contributed by atoms with Crippen LogP contribution in [0.3, 0.4) is 0 Å². The summed E-state index contributed by atoms with van der Waals surface area (Å²) in [6, 6.07) is 13.4. The number of pyridine rings is 1. The van der Waals surface area contributed by atoms with Crippen LogP contribution in [0.4, 0.5) is 13.2 Å². The largest absolute Gasteiger partial charge is 0.507 e. The first kappa shape index (κ1) is 20.8. The van der Waals surface area contributed by atoms with Crippen LogP contribution in [0.15, 0.2) is 59.8 Å². The quantitative estimate of drug-likeness (QED) is 0.285. The van der Waals surface area contributed by atoms with E-state index in [9.17, 15) is 25.3 Å². The number of fused-ring (bicyclic) bond motifs is 4. The van der Waals surface area contributed by atoms with Crippen molar-refractivity contribution in [3.05, 3.63) is 99.5 Å². The van der Waals surface area contributed by atoms with Gasteiger partial charge in [0.1, 0.15) is 29.3 Å². The van der Waals surface area contributed by atoms with Crippen molar-refractivity contribution in [2.45, 2.75) is 0 Å². The molecule has 2 aliphatic carbocycles. The van der Waals surface area contributed by atoms with Gasteiger partial charge in [-0.1, -0.05) is 18.2 Å². The van der Waals surface area contributed by atoms with Gasteiger partial charge in [0.25, 0.3) is 0 Å². The minimum Gasteiger partial charge on any atom is -0.507 e. The minimum atomic E-state index is -1.50. The van der Waals surface area contributed by atoms with Gasteiger partial charge >= 0.3 is 0 Å². The normalized spacial score (nSPS) is 16.4. The third kappa shape index (κ3) is 2.62. The maximum atomic E-state index is 15.1. The Hall–Kier alpha value is -5.13. The molecule has 1 heterocycles. The molecule has 0 saturated carbocycles. The van der Waals surface area contributed by atoms with Gasteiger partial charge in [-0.15, -0.1) is 0 Å². The summed E-state index contributed by atoms with van der Waals surface area (Å²) in [5.74, 6) is -4.21. The van der Waals surface area contributed by atoms with Crippen molar-refractivity contribution < 1.29 is 18.3 Å². The summed E-state index contributed by atoms with van der Waals surface area (Å²) in [5.41, 5.74) is -0.227. The molecule has 0 amide bonds. The molecule has 3 aromatic rings. The summed E-state index contributed by atoms with van der Waals surface area (Å²) < 4.78 is 44.4. The Morgan fingerprint density at radius 1 is 0.882 bits per heavy atom. The standard InChI is InChI=1S/C26H9F3N4O/c27-16-9-17(28)25(29)24-19(12(10-31)11-32)23(14(6-7-30)21(16)24)20-13-3-1-5-18(34)22(13)26-15(20)4-2-8-33-26/h1-6,8-9,34H/b14-6?,23-20+. The molecule has 0 radical (unpaired) electrons. The molecule has 0 fully saturated rings. The highest BCUT2D eigenvalue weighted by Gasteiger charge is 2.41. The van der Waals surface area contributed by atoms with Crippen molar-refractivity contribution in [1.82, 2.24) is 4.98 Å². The monoisotopic (exact) mass is 450 g/mol. The van der Waals surface area contributed by atoms with E-state index in [0.29, 0.717) is 34.0 Å². The molecule has 2 aliphatic rings. The second-order valence-electron chi connectivity index (χ2n) is 7.41. The lowest BCUT2D eigenvalue weighted by Crippen LogP contribution is -1.98. The molecule has 5 nitrogen and oxygen atoms in total. The van der Waals surface area contributed by atoms with E-state index in [-0.39, 0.29) is 22.5 Å². The van der Waals surface area contributed by atoms with E-state index in [1.807, 2.05) is 0 Å². The highest BCUT2D eigenvalue weighted by molar-refractivity contribution is 6.20.